The van der Waals surface area contributed by atoms with E-state index in [-0.39, 0.29) is 18.4 Å². The lowest BCUT2D eigenvalue weighted by Gasteiger charge is -2.20. The number of hydrogen-bond donors (Lipinski definition) is 1. The lowest BCUT2D eigenvalue weighted by atomic mass is 10.1. The number of anilines is 1. The molecule has 186 valence electrons. The highest BCUT2D eigenvalue weighted by atomic mass is 16.2. The smallest absolute Gasteiger partial charge is 0.245 e. The molecule has 2 aromatic carbocycles. The van der Waals surface area contributed by atoms with Gasteiger partial charge in [-0.25, -0.2) is 4.68 Å². The molecule has 0 aliphatic heterocycles. The molecule has 0 saturated carbocycles. The van der Waals surface area contributed by atoms with Crippen LogP contribution < -0.4 is 5.32 Å². The highest BCUT2D eigenvalue weighted by Crippen LogP contribution is 2.24. The van der Waals surface area contributed by atoms with Gasteiger partial charge in [-0.3, -0.25) is 9.59 Å². The summed E-state index contributed by atoms with van der Waals surface area (Å²) in [5.74, 6) is 0.393. The first-order valence-corrected chi connectivity index (χ1v) is 12.9. The number of nitrogens with one attached hydrogen (secondary N) is 1. The standard InChI is InChI=1S/C29H38N4O2/c1-3-5-6-7-8-9-16-21-29(35)32(4-2)23-28(34)30-27-22-26(24-17-12-10-13-18-24)31-33(27)25-19-14-11-15-20-25/h10-15,17-20,22H,3-9,16,21,23H2,1-2H3,(H,30,34). The van der Waals surface area contributed by atoms with Crippen LogP contribution in [0.15, 0.2) is 66.7 Å². The van der Waals surface area contributed by atoms with Gasteiger partial charge in [0.15, 0.2) is 0 Å². The van der Waals surface area contributed by atoms with Crippen LogP contribution in [0.4, 0.5) is 5.82 Å². The van der Waals surface area contributed by atoms with Crippen molar-refractivity contribution in [1.29, 1.82) is 0 Å². The predicted molar refractivity (Wildman–Crippen MR) is 142 cm³/mol. The normalized spacial score (nSPS) is 10.8. The molecule has 0 unspecified atom stereocenters. The molecule has 3 rings (SSSR count). The minimum Gasteiger partial charge on any atom is -0.334 e. The van der Waals surface area contributed by atoms with E-state index in [2.05, 4.69) is 12.2 Å². The van der Waals surface area contributed by atoms with E-state index in [1.54, 1.807) is 9.58 Å². The number of carbonyl (C=O) groups is 2. The molecule has 1 aromatic heterocycles. The number of rotatable bonds is 14. The van der Waals surface area contributed by atoms with Crippen molar-refractivity contribution < 1.29 is 9.59 Å². The zero-order chi connectivity index (χ0) is 24.9. The molecule has 0 aliphatic rings. The second-order valence-electron chi connectivity index (χ2n) is 8.86. The fourth-order valence-electron chi connectivity index (χ4n) is 4.11. The Morgan fingerprint density at radius 2 is 1.49 bits per heavy atom. The molecule has 0 fully saturated rings. The number of unbranched alkanes of at least 4 members (excludes halogenated alkanes) is 6. The van der Waals surface area contributed by atoms with Gasteiger partial charge < -0.3 is 10.2 Å². The largest absolute Gasteiger partial charge is 0.334 e. The highest BCUT2D eigenvalue weighted by molar-refractivity contribution is 5.94. The van der Waals surface area contributed by atoms with Gasteiger partial charge in [0.05, 0.1) is 17.9 Å². The minimum absolute atomic E-state index is 0.0342. The number of nitrogens with zero attached hydrogens (tertiary/aromatic N) is 3. The van der Waals surface area contributed by atoms with Gasteiger partial charge in [0.2, 0.25) is 11.8 Å². The molecule has 6 nitrogen and oxygen atoms in total. The van der Waals surface area contributed by atoms with E-state index in [1.165, 1.54) is 32.1 Å². The van der Waals surface area contributed by atoms with Crippen LogP contribution >= 0.6 is 0 Å². The van der Waals surface area contributed by atoms with Crippen LogP contribution in [0.3, 0.4) is 0 Å². The van der Waals surface area contributed by atoms with Crippen molar-refractivity contribution in [3.8, 4) is 16.9 Å². The predicted octanol–water partition coefficient (Wildman–Crippen LogP) is 6.47. The molecule has 1 N–H and O–H groups in total. The maximum absolute atomic E-state index is 12.9. The second-order valence-corrected chi connectivity index (χ2v) is 8.86. The van der Waals surface area contributed by atoms with Crippen molar-refractivity contribution in [1.82, 2.24) is 14.7 Å². The Morgan fingerprint density at radius 1 is 0.857 bits per heavy atom. The average Bonchev–Trinajstić information content (AvgIpc) is 3.31. The highest BCUT2D eigenvalue weighted by Gasteiger charge is 2.18. The first-order chi connectivity index (χ1) is 17.1. The molecular formula is C29H38N4O2. The SMILES string of the molecule is CCCCCCCCCC(=O)N(CC)CC(=O)Nc1cc(-c2ccccc2)nn1-c1ccccc1. The number of para-hydroxylation sites is 1. The van der Waals surface area contributed by atoms with Crippen LogP contribution in [-0.2, 0) is 9.59 Å². The lowest BCUT2D eigenvalue weighted by molar-refractivity contribution is -0.134. The summed E-state index contributed by atoms with van der Waals surface area (Å²) >= 11 is 0. The summed E-state index contributed by atoms with van der Waals surface area (Å²) in [6.07, 6.45) is 8.66. The number of carbonyl (C=O) groups excluding carboxylic acids is 2. The van der Waals surface area contributed by atoms with Gasteiger partial charge in [-0.2, -0.15) is 5.10 Å². The third-order valence-corrected chi connectivity index (χ3v) is 6.11. The fraction of sp³-hybridized carbons (Fsp3) is 0.414. The van der Waals surface area contributed by atoms with Crippen molar-refractivity contribution in [3.05, 3.63) is 66.7 Å². The van der Waals surface area contributed by atoms with E-state index >= 15 is 0 Å². The van der Waals surface area contributed by atoms with E-state index in [0.717, 1.165) is 29.8 Å². The van der Waals surface area contributed by atoms with Crippen LogP contribution in [0, 0.1) is 0 Å². The molecule has 0 saturated heterocycles. The Bertz CT molecular complexity index is 1050. The van der Waals surface area contributed by atoms with Crippen molar-refractivity contribution >= 4 is 17.6 Å². The summed E-state index contributed by atoms with van der Waals surface area (Å²) in [4.78, 5) is 27.3. The van der Waals surface area contributed by atoms with Gasteiger partial charge in [-0.15, -0.1) is 0 Å². The molecule has 2 amide bonds. The summed E-state index contributed by atoms with van der Waals surface area (Å²) in [6.45, 7) is 4.67. The third-order valence-electron chi connectivity index (χ3n) is 6.11. The topological polar surface area (TPSA) is 67.2 Å². The number of aromatic nitrogens is 2. The van der Waals surface area contributed by atoms with Crippen LogP contribution in [0.5, 0.6) is 0 Å². The van der Waals surface area contributed by atoms with Crippen LogP contribution in [0.25, 0.3) is 16.9 Å². The van der Waals surface area contributed by atoms with E-state index in [0.29, 0.717) is 18.8 Å². The van der Waals surface area contributed by atoms with E-state index in [1.807, 2.05) is 73.7 Å². The molecule has 3 aromatic rings. The maximum Gasteiger partial charge on any atom is 0.245 e. The molecular weight excluding hydrogens is 436 g/mol. The minimum atomic E-state index is -0.226. The van der Waals surface area contributed by atoms with Crippen LogP contribution in [0.1, 0.15) is 65.2 Å². The first kappa shape index (κ1) is 26.2. The zero-order valence-electron chi connectivity index (χ0n) is 21.1. The monoisotopic (exact) mass is 474 g/mol. The van der Waals surface area contributed by atoms with Crippen LogP contribution in [-0.4, -0.2) is 39.6 Å². The molecule has 0 aliphatic carbocycles. The Labute approximate surface area is 209 Å². The van der Waals surface area contributed by atoms with E-state index < -0.39 is 0 Å². The lowest BCUT2D eigenvalue weighted by Crippen LogP contribution is -2.38. The summed E-state index contributed by atoms with van der Waals surface area (Å²) in [5, 5.41) is 7.72. The Balaban J connectivity index is 1.61. The first-order valence-electron chi connectivity index (χ1n) is 12.9. The van der Waals surface area contributed by atoms with Gasteiger partial charge in [-0.05, 0) is 25.5 Å². The number of benzene rings is 2. The summed E-state index contributed by atoms with van der Waals surface area (Å²) in [7, 11) is 0. The molecule has 0 spiro atoms. The molecule has 1 heterocycles. The van der Waals surface area contributed by atoms with Crippen molar-refractivity contribution in [2.24, 2.45) is 0 Å². The van der Waals surface area contributed by atoms with Crippen molar-refractivity contribution in [3.63, 3.8) is 0 Å². The number of hydrogen-bond acceptors (Lipinski definition) is 3. The Morgan fingerprint density at radius 3 is 2.14 bits per heavy atom. The van der Waals surface area contributed by atoms with Gasteiger partial charge in [0.1, 0.15) is 5.82 Å². The summed E-state index contributed by atoms with van der Waals surface area (Å²) < 4.78 is 1.73. The molecule has 0 radical (unpaired) electrons. The van der Waals surface area contributed by atoms with E-state index in [9.17, 15) is 9.59 Å². The van der Waals surface area contributed by atoms with Crippen LogP contribution in [0.2, 0.25) is 0 Å². The Hall–Kier alpha value is -3.41. The fourth-order valence-corrected chi connectivity index (χ4v) is 4.11. The quantitative estimate of drug-likeness (QED) is 0.272. The van der Waals surface area contributed by atoms with Gasteiger partial charge >= 0.3 is 0 Å². The van der Waals surface area contributed by atoms with Gasteiger partial charge in [-0.1, -0.05) is 94.0 Å². The molecule has 0 atom stereocenters. The average molecular weight is 475 g/mol. The molecule has 6 heteroatoms. The second kappa shape index (κ2) is 14.1. The maximum atomic E-state index is 12.9. The zero-order valence-corrected chi connectivity index (χ0v) is 21.1. The Kier molecular flexibility index (Phi) is 10.6. The van der Waals surface area contributed by atoms with E-state index in [4.69, 9.17) is 5.10 Å². The van der Waals surface area contributed by atoms with Crippen molar-refractivity contribution in [2.75, 3.05) is 18.4 Å². The number of amides is 2. The number of likely N-dealkylation sites (N-methyl/N-ethyl adjacent to an activating group) is 1. The van der Waals surface area contributed by atoms with Gasteiger partial charge in [0, 0.05) is 24.6 Å². The summed E-state index contributed by atoms with van der Waals surface area (Å²) in [5.41, 5.74) is 2.59. The van der Waals surface area contributed by atoms with Crippen molar-refractivity contribution in [2.45, 2.75) is 65.2 Å². The molecule has 0 bridgehead atoms. The van der Waals surface area contributed by atoms with Gasteiger partial charge in [0.25, 0.3) is 0 Å². The summed E-state index contributed by atoms with van der Waals surface area (Å²) in [6, 6.07) is 21.5. The molecule has 35 heavy (non-hydrogen) atoms. The third kappa shape index (κ3) is 8.09.